The van der Waals surface area contributed by atoms with E-state index in [1.165, 1.54) is 12.1 Å². The predicted molar refractivity (Wildman–Crippen MR) is 65.8 cm³/mol. The van der Waals surface area contributed by atoms with E-state index in [2.05, 4.69) is 20.7 Å². The number of alkyl halides is 3. The summed E-state index contributed by atoms with van der Waals surface area (Å²) >= 11 is 3.41. The molecule has 1 amide bonds. The van der Waals surface area contributed by atoms with E-state index in [1.807, 2.05) is 0 Å². The number of rotatable bonds is 4. The van der Waals surface area contributed by atoms with E-state index in [9.17, 15) is 13.6 Å². The van der Waals surface area contributed by atoms with Gasteiger partial charge in [-0.05, 0) is 17.7 Å². The minimum absolute atomic E-state index is 0.102. The zero-order chi connectivity index (χ0) is 13.1. The zero-order valence-electron chi connectivity index (χ0n) is 9.48. The van der Waals surface area contributed by atoms with Crippen molar-refractivity contribution >= 4 is 21.8 Å². The number of benzene rings is 1. The number of hydrogen-bond donors (Lipinski definition) is 0. The van der Waals surface area contributed by atoms with Gasteiger partial charge < -0.3 is 9.64 Å². The quantitative estimate of drug-likeness (QED) is 0.799. The van der Waals surface area contributed by atoms with Crippen molar-refractivity contribution in [3.05, 3.63) is 29.8 Å². The maximum absolute atomic E-state index is 12.0. The molecular formula is C12H12BrF2NO2. The van der Waals surface area contributed by atoms with E-state index in [0.29, 0.717) is 19.5 Å². The van der Waals surface area contributed by atoms with Gasteiger partial charge >= 0.3 is 6.61 Å². The summed E-state index contributed by atoms with van der Waals surface area (Å²) in [5.74, 6) is 0.227. The molecule has 18 heavy (non-hydrogen) atoms. The SMILES string of the molecule is O=C1CC(Br)CN1Cc1ccc(OC(F)F)cc1. The Kier molecular flexibility index (Phi) is 4.16. The summed E-state index contributed by atoms with van der Waals surface area (Å²) in [6, 6.07) is 6.33. The molecule has 1 unspecified atom stereocenters. The number of amides is 1. The number of carbonyl (C=O) groups is 1. The summed E-state index contributed by atoms with van der Waals surface area (Å²) in [4.78, 5) is 13.5. The number of likely N-dealkylation sites (tertiary alicyclic amines) is 1. The Hall–Kier alpha value is -1.17. The van der Waals surface area contributed by atoms with Gasteiger partial charge in [0.2, 0.25) is 5.91 Å². The highest BCUT2D eigenvalue weighted by atomic mass is 79.9. The second-order valence-electron chi connectivity index (χ2n) is 4.10. The molecule has 0 radical (unpaired) electrons. The lowest BCUT2D eigenvalue weighted by Crippen LogP contribution is -2.24. The van der Waals surface area contributed by atoms with Crippen LogP contribution < -0.4 is 4.74 Å². The van der Waals surface area contributed by atoms with Gasteiger partial charge in [-0.25, -0.2) is 0 Å². The van der Waals surface area contributed by atoms with Crippen molar-refractivity contribution in [2.24, 2.45) is 0 Å². The van der Waals surface area contributed by atoms with Crippen molar-refractivity contribution < 1.29 is 18.3 Å². The molecule has 0 spiro atoms. The monoisotopic (exact) mass is 319 g/mol. The van der Waals surface area contributed by atoms with Gasteiger partial charge in [-0.3, -0.25) is 4.79 Å². The first-order valence-corrected chi connectivity index (χ1v) is 6.42. The summed E-state index contributed by atoms with van der Waals surface area (Å²) in [6.07, 6.45) is 0.507. The Balaban J connectivity index is 1.96. The van der Waals surface area contributed by atoms with Crippen molar-refractivity contribution in [3.8, 4) is 5.75 Å². The summed E-state index contributed by atoms with van der Waals surface area (Å²) in [7, 11) is 0. The molecule has 98 valence electrons. The van der Waals surface area contributed by atoms with Gasteiger partial charge in [-0.1, -0.05) is 28.1 Å². The number of hydrogen-bond acceptors (Lipinski definition) is 2. The van der Waals surface area contributed by atoms with Crippen molar-refractivity contribution in [2.75, 3.05) is 6.54 Å². The summed E-state index contributed by atoms with van der Waals surface area (Å²) < 4.78 is 28.2. The Labute approximate surface area is 112 Å². The molecule has 3 nitrogen and oxygen atoms in total. The van der Waals surface area contributed by atoms with Gasteiger partial charge in [0.15, 0.2) is 0 Å². The standard InChI is InChI=1S/C12H12BrF2NO2/c13-9-5-11(17)16(7-9)6-8-1-3-10(4-2-8)18-12(14)15/h1-4,9,12H,5-7H2. The van der Waals surface area contributed by atoms with Crippen LogP contribution in [0.2, 0.25) is 0 Å². The molecule has 1 atom stereocenters. The zero-order valence-corrected chi connectivity index (χ0v) is 11.1. The third-order valence-electron chi connectivity index (χ3n) is 2.69. The van der Waals surface area contributed by atoms with Crippen LogP contribution in [0.1, 0.15) is 12.0 Å². The molecule has 1 aliphatic rings. The normalized spacial score (nSPS) is 19.7. The number of carbonyl (C=O) groups excluding carboxylic acids is 1. The lowest BCUT2D eigenvalue weighted by atomic mass is 10.2. The number of nitrogens with zero attached hydrogens (tertiary/aromatic N) is 1. The Morgan fingerprint density at radius 1 is 1.39 bits per heavy atom. The Morgan fingerprint density at radius 3 is 2.56 bits per heavy atom. The fourth-order valence-corrected chi connectivity index (χ4v) is 2.50. The molecule has 1 heterocycles. The number of halogens is 3. The third-order valence-corrected chi connectivity index (χ3v) is 3.30. The molecule has 0 N–H and O–H groups in total. The first kappa shape index (κ1) is 13.3. The van der Waals surface area contributed by atoms with Crippen LogP contribution in [0.4, 0.5) is 8.78 Å². The largest absolute Gasteiger partial charge is 0.435 e. The average Bonchev–Trinajstić information content (AvgIpc) is 2.59. The maximum Gasteiger partial charge on any atom is 0.387 e. The molecule has 1 aromatic rings. The molecule has 1 fully saturated rings. The molecular weight excluding hydrogens is 308 g/mol. The van der Waals surface area contributed by atoms with Crippen molar-refractivity contribution in [2.45, 2.75) is 24.4 Å². The molecule has 0 aliphatic carbocycles. The fourth-order valence-electron chi connectivity index (χ4n) is 1.87. The second kappa shape index (κ2) is 5.65. The highest BCUT2D eigenvalue weighted by molar-refractivity contribution is 9.09. The number of ether oxygens (including phenoxy) is 1. The third kappa shape index (κ3) is 3.41. The van der Waals surface area contributed by atoms with Gasteiger partial charge in [-0.2, -0.15) is 8.78 Å². The molecule has 0 bridgehead atoms. The lowest BCUT2D eigenvalue weighted by Gasteiger charge is -2.16. The summed E-state index contributed by atoms with van der Waals surface area (Å²) in [5, 5.41) is 0. The van der Waals surface area contributed by atoms with Crippen LogP contribution in [0.5, 0.6) is 5.75 Å². The van der Waals surface area contributed by atoms with Crippen molar-refractivity contribution in [3.63, 3.8) is 0 Å². The minimum Gasteiger partial charge on any atom is -0.435 e. The predicted octanol–water partition coefficient (Wildman–Crippen LogP) is 2.78. The van der Waals surface area contributed by atoms with E-state index in [0.717, 1.165) is 5.56 Å². The first-order valence-electron chi connectivity index (χ1n) is 5.50. The lowest BCUT2D eigenvalue weighted by molar-refractivity contribution is -0.128. The Bertz CT molecular complexity index is 425. The molecule has 0 aromatic heterocycles. The second-order valence-corrected chi connectivity index (χ2v) is 5.39. The van der Waals surface area contributed by atoms with Crippen molar-refractivity contribution in [1.29, 1.82) is 0 Å². The average molecular weight is 320 g/mol. The van der Waals surface area contributed by atoms with Gasteiger partial charge in [0.25, 0.3) is 0 Å². The first-order chi connectivity index (χ1) is 8.54. The van der Waals surface area contributed by atoms with Crippen molar-refractivity contribution in [1.82, 2.24) is 4.90 Å². The molecule has 0 saturated carbocycles. The van der Waals surface area contributed by atoms with Gasteiger partial charge in [-0.15, -0.1) is 0 Å². The van der Waals surface area contributed by atoms with Gasteiger partial charge in [0.05, 0.1) is 0 Å². The summed E-state index contributed by atoms with van der Waals surface area (Å²) in [6.45, 7) is -1.64. The van der Waals surface area contributed by atoms with Gasteiger partial charge in [0.1, 0.15) is 5.75 Å². The smallest absolute Gasteiger partial charge is 0.387 e. The van der Waals surface area contributed by atoms with Crippen LogP contribution in [0.25, 0.3) is 0 Å². The van der Waals surface area contributed by atoms with Crippen LogP contribution in [0.3, 0.4) is 0 Å². The minimum atomic E-state index is -2.81. The molecule has 1 saturated heterocycles. The van der Waals surface area contributed by atoms with E-state index >= 15 is 0 Å². The van der Waals surface area contributed by atoms with Crippen LogP contribution in [-0.2, 0) is 11.3 Å². The van der Waals surface area contributed by atoms with E-state index in [-0.39, 0.29) is 16.5 Å². The van der Waals surface area contributed by atoms with Crippen LogP contribution >= 0.6 is 15.9 Å². The Morgan fingerprint density at radius 2 is 2.06 bits per heavy atom. The topological polar surface area (TPSA) is 29.5 Å². The highest BCUT2D eigenvalue weighted by Gasteiger charge is 2.27. The fraction of sp³-hybridized carbons (Fsp3) is 0.417. The van der Waals surface area contributed by atoms with E-state index in [4.69, 9.17) is 0 Å². The van der Waals surface area contributed by atoms with Crippen LogP contribution in [-0.4, -0.2) is 28.8 Å². The molecule has 1 aromatic carbocycles. The molecule has 2 rings (SSSR count). The van der Waals surface area contributed by atoms with Crippen LogP contribution in [0, 0.1) is 0 Å². The molecule has 1 aliphatic heterocycles. The van der Waals surface area contributed by atoms with E-state index in [1.54, 1.807) is 17.0 Å². The van der Waals surface area contributed by atoms with Crippen LogP contribution in [0.15, 0.2) is 24.3 Å². The summed E-state index contributed by atoms with van der Waals surface area (Å²) in [5.41, 5.74) is 0.895. The maximum atomic E-state index is 12.0. The molecule has 6 heteroatoms. The van der Waals surface area contributed by atoms with Gasteiger partial charge in [0, 0.05) is 24.3 Å². The van der Waals surface area contributed by atoms with E-state index < -0.39 is 6.61 Å². The highest BCUT2D eigenvalue weighted by Crippen LogP contribution is 2.21.